The third-order valence-corrected chi connectivity index (χ3v) is 4.09. The predicted octanol–water partition coefficient (Wildman–Crippen LogP) is 3.14. The molecule has 24 heavy (non-hydrogen) atoms. The Labute approximate surface area is 138 Å². The number of hydrogen-bond donors (Lipinski definition) is 0. The molecule has 5 nitrogen and oxygen atoms in total. The maximum Gasteiger partial charge on any atom is 0.349 e. The van der Waals surface area contributed by atoms with E-state index in [0.717, 1.165) is 10.9 Å². The van der Waals surface area contributed by atoms with Crippen molar-refractivity contribution in [3.63, 3.8) is 0 Å². The summed E-state index contributed by atoms with van der Waals surface area (Å²) in [6.45, 7) is 2.73. The zero-order valence-electron chi connectivity index (χ0n) is 13.1. The van der Waals surface area contributed by atoms with Gasteiger partial charge in [0.1, 0.15) is 23.5 Å². The van der Waals surface area contributed by atoms with Gasteiger partial charge in [-0.15, -0.1) is 0 Å². The van der Waals surface area contributed by atoms with Gasteiger partial charge in [0.25, 0.3) is 5.91 Å². The summed E-state index contributed by atoms with van der Waals surface area (Å²) < 4.78 is 10.9. The maximum absolute atomic E-state index is 12.9. The molecule has 1 aromatic heterocycles. The zero-order chi connectivity index (χ0) is 16.7. The van der Waals surface area contributed by atoms with Crippen LogP contribution >= 0.6 is 0 Å². The van der Waals surface area contributed by atoms with Crippen LogP contribution in [0.5, 0.6) is 5.75 Å². The van der Waals surface area contributed by atoms with E-state index < -0.39 is 5.63 Å². The first-order valence-electron chi connectivity index (χ1n) is 7.72. The second-order valence-corrected chi connectivity index (χ2v) is 5.76. The maximum atomic E-state index is 12.9. The number of ether oxygens (including phenoxy) is 1. The average molecular weight is 321 g/mol. The number of rotatable bonds is 1. The Balaban J connectivity index is 1.82. The van der Waals surface area contributed by atoms with Gasteiger partial charge < -0.3 is 14.1 Å². The van der Waals surface area contributed by atoms with Gasteiger partial charge in [0, 0.05) is 5.39 Å². The average Bonchev–Trinajstić information content (AvgIpc) is 2.60. The number of para-hydroxylation sites is 1. The number of amides is 1. The highest BCUT2D eigenvalue weighted by atomic mass is 16.5. The molecule has 0 unspecified atom stereocenters. The molecule has 0 saturated carbocycles. The van der Waals surface area contributed by atoms with E-state index in [-0.39, 0.29) is 11.5 Å². The van der Waals surface area contributed by atoms with Crippen molar-refractivity contribution in [2.75, 3.05) is 18.1 Å². The molecule has 0 aliphatic carbocycles. The van der Waals surface area contributed by atoms with Crippen molar-refractivity contribution >= 4 is 22.6 Å². The van der Waals surface area contributed by atoms with E-state index in [1.54, 1.807) is 23.1 Å². The van der Waals surface area contributed by atoms with E-state index in [0.29, 0.717) is 30.2 Å². The fraction of sp³-hybridized carbons (Fsp3) is 0.158. The number of aryl methyl sites for hydroxylation is 1. The summed E-state index contributed by atoms with van der Waals surface area (Å²) in [6, 6.07) is 14.4. The van der Waals surface area contributed by atoms with Crippen LogP contribution in [0.4, 0.5) is 5.69 Å². The van der Waals surface area contributed by atoms with Crippen molar-refractivity contribution in [2.24, 2.45) is 0 Å². The Bertz CT molecular complexity index is 1010. The van der Waals surface area contributed by atoms with Gasteiger partial charge in [-0.3, -0.25) is 4.79 Å². The minimum atomic E-state index is -0.626. The summed E-state index contributed by atoms with van der Waals surface area (Å²) >= 11 is 0. The molecule has 0 saturated heterocycles. The van der Waals surface area contributed by atoms with Gasteiger partial charge in [0.15, 0.2) is 0 Å². The monoisotopic (exact) mass is 321 g/mol. The van der Waals surface area contributed by atoms with Crippen LogP contribution in [0.3, 0.4) is 0 Å². The summed E-state index contributed by atoms with van der Waals surface area (Å²) in [5, 5.41) is 0.721. The minimum Gasteiger partial charge on any atom is -0.490 e. The first-order chi connectivity index (χ1) is 11.6. The third-order valence-electron chi connectivity index (χ3n) is 4.09. The fourth-order valence-electron chi connectivity index (χ4n) is 2.90. The first kappa shape index (κ1) is 14.5. The van der Waals surface area contributed by atoms with E-state index >= 15 is 0 Å². The molecule has 4 rings (SSSR count). The molecular weight excluding hydrogens is 306 g/mol. The van der Waals surface area contributed by atoms with E-state index in [9.17, 15) is 9.59 Å². The summed E-state index contributed by atoms with van der Waals surface area (Å²) in [5.41, 5.74) is 1.57. The van der Waals surface area contributed by atoms with Crippen molar-refractivity contribution in [1.29, 1.82) is 0 Å². The summed E-state index contributed by atoms with van der Waals surface area (Å²) in [5.74, 6) is 0.273. The van der Waals surface area contributed by atoms with Crippen LogP contribution < -0.4 is 15.3 Å². The molecule has 1 aliphatic heterocycles. The number of benzene rings is 2. The van der Waals surface area contributed by atoms with Crippen molar-refractivity contribution in [2.45, 2.75) is 6.92 Å². The number of carbonyl (C=O) groups excluding carboxylic acids is 1. The van der Waals surface area contributed by atoms with E-state index in [2.05, 4.69) is 0 Å². The molecule has 5 heteroatoms. The van der Waals surface area contributed by atoms with Crippen LogP contribution in [-0.4, -0.2) is 19.1 Å². The molecule has 120 valence electrons. The van der Waals surface area contributed by atoms with Crippen LogP contribution in [-0.2, 0) is 0 Å². The third kappa shape index (κ3) is 2.34. The Kier molecular flexibility index (Phi) is 3.34. The SMILES string of the molecule is Cc1ccc2c(c1)N(C(=O)c1cc3ccccc3oc1=O)CCO2. The quantitative estimate of drug-likeness (QED) is 0.646. The van der Waals surface area contributed by atoms with E-state index in [1.807, 2.05) is 37.3 Å². The van der Waals surface area contributed by atoms with Crippen LogP contribution in [0.25, 0.3) is 11.0 Å². The second kappa shape index (κ2) is 5.53. The molecular formula is C19H15NO4. The number of nitrogens with zero attached hydrogens (tertiary/aromatic N) is 1. The zero-order valence-corrected chi connectivity index (χ0v) is 13.1. The molecule has 3 aromatic rings. The van der Waals surface area contributed by atoms with Gasteiger partial charge in [-0.2, -0.15) is 0 Å². The second-order valence-electron chi connectivity index (χ2n) is 5.76. The molecule has 2 heterocycles. The van der Waals surface area contributed by atoms with Gasteiger partial charge in [-0.25, -0.2) is 4.79 Å². The molecule has 0 radical (unpaired) electrons. The Morgan fingerprint density at radius 3 is 2.83 bits per heavy atom. The number of hydrogen-bond acceptors (Lipinski definition) is 4. The lowest BCUT2D eigenvalue weighted by Crippen LogP contribution is -2.39. The van der Waals surface area contributed by atoms with Crippen molar-refractivity contribution in [3.8, 4) is 5.75 Å². The van der Waals surface area contributed by atoms with Crippen LogP contribution in [0.2, 0.25) is 0 Å². The van der Waals surface area contributed by atoms with Crippen molar-refractivity contribution < 1.29 is 13.9 Å². The van der Waals surface area contributed by atoms with Gasteiger partial charge in [-0.05, 0) is 36.8 Å². The summed E-state index contributed by atoms with van der Waals surface area (Å²) in [6.07, 6.45) is 0. The standard InChI is InChI=1S/C19H15NO4/c1-12-6-7-17-15(10-12)20(8-9-23-17)18(21)14-11-13-4-2-3-5-16(13)24-19(14)22/h2-7,10-11H,8-9H2,1H3. The van der Waals surface area contributed by atoms with E-state index in [1.165, 1.54) is 0 Å². The highest BCUT2D eigenvalue weighted by Gasteiger charge is 2.27. The molecule has 1 amide bonds. The van der Waals surface area contributed by atoms with Gasteiger partial charge >= 0.3 is 5.63 Å². The molecule has 0 atom stereocenters. The van der Waals surface area contributed by atoms with Gasteiger partial charge in [0.2, 0.25) is 0 Å². The lowest BCUT2D eigenvalue weighted by atomic mass is 10.1. The smallest absolute Gasteiger partial charge is 0.349 e. The van der Waals surface area contributed by atoms with Gasteiger partial charge in [-0.1, -0.05) is 24.3 Å². The fourth-order valence-corrected chi connectivity index (χ4v) is 2.90. The number of carbonyl (C=O) groups is 1. The molecule has 0 spiro atoms. The Morgan fingerprint density at radius 1 is 1.12 bits per heavy atom. The highest BCUT2D eigenvalue weighted by molar-refractivity contribution is 6.08. The topological polar surface area (TPSA) is 59.8 Å². The highest BCUT2D eigenvalue weighted by Crippen LogP contribution is 2.33. The molecule has 0 bridgehead atoms. The van der Waals surface area contributed by atoms with Crippen LogP contribution in [0, 0.1) is 6.92 Å². The summed E-state index contributed by atoms with van der Waals surface area (Å²) in [7, 11) is 0. The van der Waals surface area contributed by atoms with Gasteiger partial charge in [0.05, 0.1) is 12.2 Å². The van der Waals surface area contributed by atoms with E-state index in [4.69, 9.17) is 9.15 Å². The molecule has 1 aliphatic rings. The van der Waals surface area contributed by atoms with Crippen molar-refractivity contribution in [1.82, 2.24) is 0 Å². The van der Waals surface area contributed by atoms with Crippen LogP contribution in [0.15, 0.2) is 57.7 Å². The Hall–Kier alpha value is -3.08. The van der Waals surface area contributed by atoms with Crippen molar-refractivity contribution in [3.05, 3.63) is 70.1 Å². The minimum absolute atomic E-state index is 0.0306. The lowest BCUT2D eigenvalue weighted by molar-refractivity contribution is 0.0973. The molecule has 2 aromatic carbocycles. The normalized spacial score (nSPS) is 13.5. The molecule has 0 N–H and O–H groups in total. The lowest BCUT2D eigenvalue weighted by Gasteiger charge is -2.29. The molecule has 0 fully saturated rings. The van der Waals surface area contributed by atoms with Crippen LogP contribution in [0.1, 0.15) is 15.9 Å². The number of anilines is 1. The summed E-state index contributed by atoms with van der Waals surface area (Å²) in [4.78, 5) is 26.8. The first-order valence-corrected chi connectivity index (χ1v) is 7.72. The largest absolute Gasteiger partial charge is 0.490 e. The Morgan fingerprint density at radius 2 is 1.96 bits per heavy atom. The predicted molar refractivity (Wildman–Crippen MR) is 90.8 cm³/mol. The number of fused-ring (bicyclic) bond motifs is 2.